The van der Waals surface area contributed by atoms with Crippen molar-refractivity contribution in [3.8, 4) is 0 Å². The molecule has 0 aliphatic carbocycles. The van der Waals surface area contributed by atoms with Gasteiger partial charge in [-0.05, 0) is 25.5 Å². The number of nitrogens with zero attached hydrogens (tertiary/aromatic N) is 2. The smallest absolute Gasteiger partial charge is 0.0500 e. The number of piperazine rings is 1. The quantitative estimate of drug-likeness (QED) is 0.895. The first-order chi connectivity index (χ1) is 9.65. The molecule has 1 aromatic rings. The largest absolute Gasteiger partial charge is 0.326 e. The minimum Gasteiger partial charge on any atom is -0.326 e. The van der Waals surface area contributed by atoms with Crippen LogP contribution in [-0.4, -0.2) is 48.6 Å². The molecule has 3 heteroatoms. The van der Waals surface area contributed by atoms with Crippen LogP contribution in [-0.2, 0) is 0 Å². The fraction of sp³-hybridized carbons (Fsp3) is 0.647. The van der Waals surface area contributed by atoms with E-state index in [1.54, 1.807) is 0 Å². The number of likely N-dealkylation sites (N-methyl/N-ethyl adjacent to an activating group) is 1. The highest BCUT2D eigenvalue weighted by atomic mass is 15.3. The maximum atomic E-state index is 6.43. The van der Waals surface area contributed by atoms with E-state index in [1.807, 2.05) is 0 Å². The van der Waals surface area contributed by atoms with Crippen LogP contribution in [0.25, 0.3) is 0 Å². The van der Waals surface area contributed by atoms with Crippen LogP contribution in [0.3, 0.4) is 0 Å². The highest BCUT2D eigenvalue weighted by molar-refractivity contribution is 5.25. The molecule has 0 bridgehead atoms. The Balaban J connectivity index is 2.14. The highest BCUT2D eigenvalue weighted by Gasteiger charge is 2.28. The molecule has 0 amide bonds. The number of hydrogen-bond acceptors (Lipinski definition) is 3. The Morgan fingerprint density at radius 2 is 1.65 bits per heavy atom. The second kappa shape index (κ2) is 7.21. The van der Waals surface area contributed by atoms with E-state index in [2.05, 4.69) is 54.8 Å². The maximum Gasteiger partial charge on any atom is 0.0500 e. The topological polar surface area (TPSA) is 32.5 Å². The zero-order chi connectivity index (χ0) is 14.5. The lowest BCUT2D eigenvalue weighted by molar-refractivity contribution is 0.0865. The van der Waals surface area contributed by atoms with E-state index in [9.17, 15) is 0 Å². The second-order valence-electron chi connectivity index (χ2n) is 5.90. The molecule has 1 fully saturated rings. The van der Waals surface area contributed by atoms with E-state index in [-0.39, 0.29) is 6.04 Å². The summed E-state index contributed by atoms with van der Waals surface area (Å²) >= 11 is 0. The molecule has 1 heterocycles. The van der Waals surface area contributed by atoms with Crippen LogP contribution >= 0.6 is 0 Å². The van der Waals surface area contributed by atoms with Gasteiger partial charge in [-0.1, -0.05) is 43.7 Å². The molecule has 1 aromatic carbocycles. The van der Waals surface area contributed by atoms with Crippen molar-refractivity contribution in [1.29, 1.82) is 0 Å². The number of rotatable bonds is 5. The predicted molar refractivity (Wildman–Crippen MR) is 85.9 cm³/mol. The average molecular weight is 275 g/mol. The molecule has 1 aliphatic heterocycles. The summed E-state index contributed by atoms with van der Waals surface area (Å²) in [5, 5.41) is 0. The van der Waals surface area contributed by atoms with Gasteiger partial charge in [-0.2, -0.15) is 0 Å². The average Bonchev–Trinajstić information content (AvgIpc) is 2.50. The van der Waals surface area contributed by atoms with Crippen LogP contribution < -0.4 is 5.73 Å². The van der Waals surface area contributed by atoms with Gasteiger partial charge < -0.3 is 10.6 Å². The molecule has 112 valence electrons. The molecule has 2 rings (SSSR count). The van der Waals surface area contributed by atoms with E-state index in [4.69, 9.17) is 5.73 Å². The lowest BCUT2D eigenvalue weighted by atomic mass is 9.95. The Labute approximate surface area is 123 Å². The van der Waals surface area contributed by atoms with Gasteiger partial charge in [-0.3, -0.25) is 4.90 Å². The Hall–Kier alpha value is -0.900. The monoisotopic (exact) mass is 275 g/mol. The molecular formula is C17H29N3. The predicted octanol–water partition coefficient (Wildman–Crippen LogP) is 2.41. The first-order valence-electron chi connectivity index (χ1n) is 7.94. The van der Waals surface area contributed by atoms with E-state index < -0.39 is 0 Å². The summed E-state index contributed by atoms with van der Waals surface area (Å²) < 4.78 is 0. The molecule has 0 spiro atoms. The standard InChI is InChI=1S/C17H29N3/c1-4-16(18)17(15-8-6-14(3)7-9-15)20-12-10-19(5-2)11-13-20/h6-9,16-17H,4-5,10-13,18H2,1-3H3. The maximum absolute atomic E-state index is 6.43. The summed E-state index contributed by atoms with van der Waals surface area (Å²) in [7, 11) is 0. The Bertz CT molecular complexity index is 393. The Morgan fingerprint density at radius 1 is 1.05 bits per heavy atom. The third kappa shape index (κ3) is 3.60. The van der Waals surface area contributed by atoms with Crippen LogP contribution in [0.5, 0.6) is 0 Å². The van der Waals surface area contributed by atoms with Crippen molar-refractivity contribution < 1.29 is 0 Å². The van der Waals surface area contributed by atoms with Crippen molar-refractivity contribution in [3.63, 3.8) is 0 Å². The minimum atomic E-state index is 0.214. The highest BCUT2D eigenvalue weighted by Crippen LogP contribution is 2.26. The van der Waals surface area contributed by atoms with Crippen molar-refractivity contribution in [2.24, 2.45) is 5.73 Å². The first kappa shape index (κ1) is 15.5. The van der Waals surface area contributed by atoms with Crippen LogP contribution in [0.2, 0.25) is 0 Å². The summed E-state index contributed by atoms with van der Waals surface area (Å²) in [6, 6.07) is 9.48. The molecule has 2 N–H and O–H groups in total. The van der Waals surface area contributed by atoms with Crippen molar-refractivity contribution in [2.45, 2.75) is 39.3 Å². The zero-order valence-corrected chi connectivity index (χ0v) is 13.2. The van der Waals surface area contributed by atoms with E-state index in [1.165, 1.54) is 11.1 Å². The van der Waals surface area contributed by atoms with Crippen LogP contribution in [0.4, 0.5) is 0 Å². The summed E-state index contributed by atoms with van der Waals surface area (Å²) in [4.78, 5) is 5.09. The number of nitrogens with two attached hydrogens (primary N) is 1. The Kier molecular flexibility index (Phi) is 5.58. The van der Waals surface area contributed by atoms with Gasteiger partial charge in [0.25, 0.3) is 0 Å². The number of hydrogen-bond donors (Lipinski definition) is 1. The minimum absolute atomic E-state index is 0.214. The fourth-order valence-corrected chi connectivity index (χ4v) is 3.07. The normalized spacial score (nSPS) is 20.8. The molecule has 0 aromatic heterocycles. The van der Waals surface area contributed by atoms with Crippen molar-refractivity contribution in [3.05, 3.63) is 35.4 Å². The van der Waals surface area contributed by atoms with Gasteiger partial charge >= 0.3 is 0 Å². The van der Waals surface area contributed by atoms with E-state index in [0.29, 0.717) is 6.04 Å². The van der Waals surface area contributed by atoms with Gasteiger partial charge in [0.1, 0.15) is 0 Å². The number of benzene rings is 1. The van der Waals surface area contributed by atoms with Crippen LogP contribution in [0, 0.1) is 6.92 Å². The van der Waals surface area contributed by atoms with Crippen LogP contribution in [0.15, 0.2) is 24.3 Å². The summed E-state index contributed by atoms with van der Waals surface area (Å²) in [5.41, 5.74) is 9.11. The van der Waals surface area contributed by atoms with Crippen molar-refractivity contribution in [1.82, 2.24) is 9.80 Å². The van der Waals surface area contributed by atoms with E-state index >= 15 is 0 Å². The summed E-state index contributed by atoms with van der Waals surface area (Å²) in [6.07, 6.45) is 1.02. The van der Waals surface area contributed by atoms with Gasteiger partial charge in [-0.25, -0.2) is 0 Å². The summed E-state index contributed by atoms with van der Waals surface area (Å²) in [5.74, 6) is 0. The lowest BCUT2D eigenvalue weighted by Gasteiger charge is -2.41. The van der Waals surface area contributed by atoms with E-state index in [0.717, 1.165) is 39.1 Å². The lowest BCUT2D eigenvalue weighted by Crippen LogP contribution is -2.51. The van der Waals surface area contributed by atoms with Crippen molar-refractivity contribution in [2.75, 3.05) is 32.7 Å². The molecule has 1 aliphatic rings. The SMILES string of the molecule is CCC(N)C(c1ccc(C)cc1)N1CCN(CC)CC1. The van der Waals surface area contributed by atoms with Gasteiger partial charge in [0.2, 0.25) is 0 Å². The Morgan fingerprint density at radius 3 is 2.15 bits per heavy atom. The molecular weight excluding hydrogens is 246 g/mol. The van der Waals surface area contributed by atoms with Crippen LogP contribution in [0.1, 0.15) is 37.4 Å². The third-order valence-electron chi connectivity index (χ3n) is 4.54. The van der Waals surface area contributed by atoms with Gasteiger partial charge in [0, 0.05) is 38.3 Å². The molecule has 3 nitrogen and oxygen atoms in total. The van der Waals surface area contributed by atoms with Gasteiger partial charge in [0.05, 0.1) is 0 Å². The molecule has 2 unspecified atom stereocenters. The summed E-state index contributed by atoms with van der Waals surface area (Å²) in [6.45, 7) is 12.3. The molecule has 2 atom stereocenters. The van der Waals surface area contributed by atoms with Gasteiger partial charge in [0.15, 0.2) is 0 Å². The van der Waals surface area contributed by atoms with Gasteiger partial charge in [-0.15, -0.1) is 0 Å². The van der Waals surface area contributed by atoms with Crippen molar-refractivity contribution >= 4 is 0 Å². The first-order valence-corrected chi connectivity index (χ1v) is 7.94. The molecule has 0 saturated carbocycles. The molecule has 20 heavy (non-hydrogen) atoms. The third-order valence-corrected chi connectivity index (χ3v) is 4.54. The molecule has 0 radical (unpaired) electrons. The second-order valence-corrected chi connectivity index (χ2v) is 5.90. The fourth-order valence-electron chi connectivity index (χ4n) is 3.07. The number of aryl methyl sites for hydroxylation is 1. The zero-order valence-electron chi connectivity index (χ0n) is 13.2. The molecule has 1 saturated heterocycles.